The van der Waals surface area contributed by atoms with Crippen molar-refractivity contribution >= 4 is 23.5 Å². The molecule has 98 valence electrons. The Balaban J connectivity index is 2.50. The zero-order valence-corrected chi connectivity index (χ0v) is 10.6. The molecule has 3 N–H and O–H groups in total. The molecule has 0 saturated carbocycles. The van der Waals surface area contributed by atoms with Crippen molar-refractivity contribution in [3.8, 4) is 0 Å². The van der Waals surface area contributed by atoms with Crippen LogP contribution in [0.1, 0.15) is 22.3 Å². The lowest BCUT2D eigenvalue weighted by Crippen LogP contribution is -2.30. The van der Waals surface area contributed by atoms with Crippen molar-refractivity contribution in [3.63, 3.8) is 0 Å². The number of rotatable bonds is 5. The monoisotopic (exact) mass is 271 g/mol. The lowest BCUT2D eigenvalue weighted by molar-refractivity contribution is -0.146. The zero-order chi connectivity index (χ0) is 13.7. The third-order valence-corrected chi connectivity index (χ3v) is 2.83. The largest absolute Gasteiger partial charge is 0.479 e. The van der Waals surface area contributed by atoms with Crippen molar-refractivity contribution in [2.24, 2.45) is 0 Å². The van der Waals surface area contributed by atoms with Gasteiger partial charge < -0.3 is 15.5 Å². The molecule has 0 fully saturated rings. The molecule has 5 nitrogen and oxygen atoms in total. The van der Waals surface area contributed by atoms with E-state index in [4.69, 9.17) is 21.8 Å². The van der Waals surface area contributed by atoms with Crippen molar-refractivity contribution in [3.05, 3.63) is 34.3 Å². The van der Waals surface area contributed by atoms with Crippen LogP contribution in [0, 0.1) is 6.92 Å². The average molecular weight is 272 g/mol. The van der Waals surface area contributed by atoms with Crippen LogP contribution in [-0.2, 0) is 4.79 Å². The number of aliphatic hydroxyl groups is 1. The number of amides is 1. The average Bonchev–Trinajstić information content (AvgIpc) is 2.32. The maximum absolute atomic E-state index is 11.7. The minimum Gasteiger partial charge on any atom is -0.479 e. The van der Waals surface area contributed by atoms with E-state index in [0.29, 0.717) is 10.6 Å². The first-order valence-corrected chi connectivity index (χ1v) is 5.75. The van der Waals surface area contributed by atoms with Gasteiger partial charge in [0.1, 0.15) is 0 Å². The fourth-order valence-electron chi connectivity index (χ4n) is 1.33. The maximum atomic E-state index is 11.7. The molecule has 18 heavy (non-hydrogen) atoms. The molecule has 0 aliphatic carbocycles. The molecule has 0 aromatic heterocycles. The molecule has 1 rings (SSSR count). The van der Waals surface area contributed by atoms with Gasteiger partial charge in [-0.25, -0.2) is 4.79 Å². The maximum Gasteiger partial charge on any atom is 0.332 e. The van der Waals surface area contributed by atoms with Crippen molar-refractivity contribution in [2.45, 2.75) is 19.4 Å². The van der Waals surface area contributed by atoms with Crippen LogP contribution in [0.5, 0.6) is 0 Å². The molecule has 0 aliphatic heterocycles. The molecule has 0 aliphatic rings. The summed E-state index contributed by atoms with van der Waals surface area (Å²) in [5.41, 5.74) is 1.23. The van der Waals surface area contributed by atoms with Crippen molar-refractivity contribution in [1.82, 2.24) is 5.32 Å². The van der Waals surface area contributed by atoms with Gasteiger partial charge in [0.15, 0.2) is 6.10 Å². The highest BCUT2D eigenvalue weighted by Gasteiger charge is 2.13. The predicted octanol–water partition coefficient (Wildman–Crippen LogP) is 1.21. The van der Waals surface area contributed by atoms with Crippen LogP contribution >= 0.6 is 11.6 Å². The highest BCUT2D eigenvalue weighted by Crippen LogP contribution is 2.16. The SMILES string of the molecule is Cc1cc(C(=O)NCCC(O)C(=O)O)ccc1Cl. The number of carbonyl (C=O) groups is 2. The summed E-state index contributed by atoms with van der Waals surface area (Å²) in [6, 6.07) is 4.85. The second kappa shape index (κ2) is 6.37. The van der Waals surface area contributed by atoms with E-state index in [2.05, 4.69) is 5.32 Å². The van der Waals surface area contributed by atoms with Gasteiger partial charge in [-0.3, -0.25) is 4.79 Å². The topological polar surface area (TPSA) is 86.6 Å². The van der Waals surface area contributed by atoms with E-state index in [1.165, 1.54) is 0 Å². The number of hydrogen-bond donors (Lipinski definition) is 3. The second-order valence-corrected chi connectivity index (χ2v) is 4.27. The van der Waals surface area contributed by atoms with E-state index in [0.717, 1.165) is 5.56 Å². The standard InChI is InChI=1S/C12H14ClNO4/c1-7-6-8(2-3-9(7)13)11(16)14-5-4-10(15)12(17)18/h2-3,6,10,15H,4-5H2,1H3,(H,14,16)(H,17,18). The lowest BCUT2D eigenvalue weighted by atomic mass is 10.1. The Morgan fingerprint density at radius 3 is 2.67 bits per heavy atom. The first-order chi connectivity index (χ1) is 8.41. The van der Waals surface area contributed by atoms with Gasteiger partial charge in [0.25, 0.3) is 5.91 Å². The van der Waals surface area contributed by atoms with Crippen molar-refractivity contribution in [2.75, 3.05) is 6.54 Å². The zero-order valence-electron chi connectivity index (χ0n) is 9.81. The Labute approximate surface area is 109 Å². The van der Waals surface area contributed by atoms with Gasteiger partial charge in [-0.2, -0.15) is 0 Å². The molecule has 1 unspecified atom stereocenters. The van der Waals surface area contributed by atoms with Crippen LogP contribution in [0.15, 0.2) is 18.2 Å². The number of carboxylic acid groups (broad SMARTS) is 1. The van der Waals surface area contributed by atoms with Crippen molar-refractivity contribution < 1.29 is 19.8 Å². The van der Waals surface area contributed by atoms with Crippen molar-refractivity contribution in [1.29, 1.82) is 0 Å². The normalized spacial score (nSPS) is 11.9. The van der Waals surface area contributed by atoms with Crippen LogP contribution < -0.4 is 5.32 Å². The fraction of sp³-hybridized carbons (Fsp3) is 0.333. The summed E-state index contributed by atoms with van der Waals surface area (Å²) < 4.78 is 0. The Morgan fingerprint density at radius 1 is 1.44 bits per heavy atom. The Kier molecular flexibility index (Phi) is 5.12. The van der Waals surface area contributed by atoms with Crippen LogP contribution in [0.4, 0.5) is 0 Å². The summed E-state index contributed by atoms with van der Waals surface area (Å²) in [4.78, 5) is 22.0. The molecular formula is C12H14ClNO4. The second-order valence-electron chi connectivity index (χ2n) is 3.86. The van der Waals surface area contributed by atoms with Gasteiger partial charge >= 0.3 is 5.97 Å². The molecule has 0 spiro atoms. The summed E-state index contributed by atoms with van der Waals surface area (Å²) in [5.74, 6) is -1.63. The summed E-state index contributed by atoms with van der Waals surface area (Å²) >= 11 is 5.84. The number of aryl methyl sites for hydroxylation is 1. The highest BCUT2D eigenvalue weighted by atomic mass is 35.5. The van der Waals surface area contributed by atoms with E-state index in [9.17, 15) is 9.59 Å². The number of halogens is 1. The van der Waals surface area contributed by atoms with Crippen LogP contribution in [0.3, 0.4) is 0 Å². The van der Waals surface area contributed by atoms with Crippen LogP contribution in [-0.4, -0.2) is 34.7 Å². The van der Waals surface area contributed by atoms with Gasteiger partial charge in [-0.05, 0) is 30.7 Å². The Hall–Kier alpha value is -1.59. The quantitative estimate of drug-likeness (QED) is 0.751. The van der Waals surface area contributed by atoms with Crippen LogP contribution in [0.25, 0.3) is 0 Å². The molecule has 1 amide bonds. The lowest BCUT2D eigenvalue weighted by Gasteiger charge is -2.08. The van der Waals surface area contributed by atoms with Crippen LogP contribution in [0.2, 0.25) is 5.02 Å². The minimum absolute atomic E-state index is 0.0341. The summed E-state index contributed by atoms with van der Waals surface area (Å²) in [7, 11) is 0. The molecule has 0 radical (unpaired) electrons. The number of aliphatic carboxylic acids is 1. The van der Waals surface area contributed by atoms with E-state index in [1.54, 1.807) is 25.1 Å². The third-order valence-electron chi connectivity index (χ3n) is 2.41. The molecule has 0 heterocycles. The third kappa shape index (κ3) is 4.01. The van der Waals surface area contributed by atoms with E-state index >= 15 is 0 Å². The molecule has 1 aromatic carbocycles. The number of carbonyl (C=O) groups excluding carboxylic acids is 1. The number of benzene rings is 1. The number of hydrogen-bond acceptors (Lipinski definition) is 3. The summed E-state index contributed by atoms with van der Waals surface area (Å²) in [6.45, 7) is 1.88. The van der Waals surface area contributed by atoms with Gasteiger partial charge in [0, 0.05) is 23.6 Å². The predicted molar refractivity (Wildman–Crippen MR) is 66.8 cm³/mol. The summed E-state index contributed by atoms with van der Waals surface area (Å²) in [6.07, 6.45) is -1.49. The first-order valence-electron chi connectivity index (χ1n) is 5.37. The molecule has 1 atom stereocenters. The van der Waals surface area contributed by atoms with Gasteiger partial charge in [0.05, 0.1) is 0 Å². The van der Waals surface area contributed by atoms with Gasteiger partial charge in [-0.15, -0.1) is 0 Å². The Morgan fingerprint density at radius 2 is 2.11 bits per heavy atom. The van der Waals surface area contributed by atoms with Gasteiger partial charge in [-0.1, -0.05) is 11.6 Å². The molecule has 6 heteroatoms. The first kappa shape index (κ1) is 14.5. The molecule has 0 saturated heterocycles. The molecule has 1 aromatic rings. The number of carboxylic acids is 1. The van der Waals surface area contributed by atoms with Gasteiger partial charge in [0.2, 0.25) is 0 Å². The number of aliphatic hydroxyl groups excluding tert-OH is 1. The number of nitrogens with one attached hydrogen (secondary N) is 1. The van der Waals surface area contributed by atoms with E-state index < -0.39 is 12.1 Å². The summed E-state index contributed by atoms with van der Waals surface area (Å²) in [5, 5.41) is 20.6. The highest BCUT2D eigenvalue weighted by molar-refractivity contribution is 6.31. The van der Waals surface area contributed by atoms with E-state index in [-0.39, 0.29) is 18.9 Å². The smallest absolute Gasteiger partial charge is 0.332 e. The molecule has 0 bridgehead atoms. The van der Waals surface area contributed by atoms with E-state index in [1.807, 2.05) is 0 Å². The Bertz CT molecular complexity index is 461. The fourth-order valence-corrected chi connectivity index (χ4v) is 1.45. The molecular weight excluding hydrogens is 258 g/mol. The minimum atomic E-state index is -1.46.